The third-order valence-electron chi connectivity index (χ3n) is 4.98. The fraction of sp³-hybridized carbons (Fsp3) is 0.263. The van der Waals surface area contributed by atoms with Gasteiger partial charge in [0.1, 0.15) is 10.4 Å². The van der Waals surface area contributed by atoms with Gasteiger partial charge in [-0.2, -0.15) is 0 Å². The van der Waals surface area contributed by atoms with Crippen LogP contribution in [0.2, 0.25) is 0 Å². The molecule has 0 amide bonds. The third kappa shape index (κ3) is 1.94. The van der Waals surface area contributed by atoms with Crippen molar-refractivity contribution in [1.29, 1.82) is 0 Å². The first-order valence-corrected chi connectivity index (χ1v) is 8.35. The summed E-state index contributed by atoms with van der Waals surface area (Å²) in [6.45, 7) is 4.35. The molecule has 2 aliphatic rings. The number of methoxy groups -OCH3 is 1. The summed E-state index contributed by atoms with van der Waals surface area (Å²) in [5.74, 6) is 0.880. The molecule has 0 unspecified atom stereocenters. The molecule has 1 aromatic carbocycles. The molecule has 23 heavy (non-hydrogen) atoms. The standard InChI is InChI=1S/C19H16BrNO2/c1-19(2)13-8-10(23-3)4-5-11(13)18(22)17-12-6-7-16(20)21-15(12)9-14(17)19/h4-8H,9H2,1-3H3. The molecule has 1 aromatic heterocycles. The Kier molecular flexibility index (Phi) is 3.04. The quantitative estimate of drug-likeness (QED) is 0.702. The highest BCUT2D eigenvalue weighted by molar-refractivity contribution is 9.10. The highest BCUT2D eigenvalue weighted by atomic mass is 79.9. The summed E-state index contributed by atoms with van der Waals surface area (Å²) in [6, 6.07) is 9.62. The van der Waals surface area contributed by atoms with Crippen LogP contribution >= 0.6 is 15.9 Å². The molecule has 4 rings (SSSR count). The van der Waals surface area contributed by atoms with Crippen LogP contribution in [0.15, 0.2) is 40.5 Å². The van der Waals surface area contributed by atoms with E-state index >= 15 is 0 Å². The van der Waals surface area contributed by atoms with Gasteiger partial charge in [0.25, 0.3) is 0 Å². The summed E-state index contributed by atoms with van der Waals surface area (Å²) >= 11 is 3.42. The maximum Gasteiger partial charge on any atom is 0.194 e. The molecule has 0 radical (unpaired) electrons. The lowest BCUT2D eigenvalue weighted by molar-refractivity contribution is 0.105. The van der Waals surface area contributed by atoms with Crippen LogP contribution in [0.4, 0.5) is 0 Å². The molecule has 0 fully saturated rings. The van der Waals surface area contributed by atoms with Crippen molar-refractivity contribution in [2.24, 2.45) is 0 Å². The fourth-order valence-corrected chi connectivity index (χ4v) is 4.06. The number of aromatic nitrogens is 1. The van der Waals surface area contributed by atoms with E-state index in [2.05, 4.69) is 34.8 Å². The Morgan fingerprint density at radius 2 is 1.91 bits per heavy atom. The largest absolute Gasteiger partial charge is 0.497 e. The lowest BCUT2D eigenvalue weighted by Crippen LogP contribution is -2.29. The molecular formula is C19H16BrNO2. The number of pyridine rings is 1. The van der Waals surface area contributed by atoms with Gasteiger partial charge in [-0.15, -0.1) is 0 Å². The van der Waals surface area contributed by atoms with Crippen LogP contribution in [-0.2, 0) is 11.8 Å². The Labute approximate surface area is 143 Å². The van der Waals surface area contributed by atoms with Crippen molar-refractivity contribution >= 4 is 27.3 Å². The number of fused-ring (bicyclic) bond motifs is 3. The van der Waals surface area contributed by atoms with E-state index in [4.69, 9.17) is 4.74 Å². The van der Waals surface area contributed by atoms with Crippen LogP contribution in [0, 0.1) is 0 Å². The molecule has 0 N–H and O–H groups in total. The van der Waals surface area contributed by atoms with Crippen LogP contribution in [0.5, 0.6) is 5.75 Å². The van der Waals surface area contributed by atoms with E-state index in [0.717, 1.165) is 50.3 Å². The molecule has 0 spiro atoms. The molecule has 4 heteroatoms. The highest BCUT2D eigenvalue weighted by Gasteiger charge is 2.43. The summed E-state index contributed by atoms with van der Waals surface area (Å²) in [5, 5.41) is 0. The molecule has 1 heterocycles. The van der Waals surface area contributed by atoms with Crippen molar-refractivity contribution in [3.63, 3.8) is 0 Å². The van der Waals surface area contributed by atoms with Crippen molar-refractivity contribution in [3.05, 3.63) is 62.9 Å². The number of hydrogen-bond acceptors (Lipinski definition) is 3. The minimum Gasteiger partial charge on any atom is -0.497 e. The monoisotopic (exact) mass is 369 g/mol. The molecule has 2 aromatic rings. The first-order chi connectivity index (χ1) is 10.9. The second kappa shape index (κ2) is 4.78. The van der Waals surface area contributed by atoms with Gasteiger partial charge in [-0.3, -0.25) is 4.79 Å². The normalized spacial score (nSPS) is 17.7. The molecule has 3 nitrogen and oxygen atoms in total. The van der Waals surface area contributed by atoms with E-state index in [1.54, 1.807) is 7.11 Å². The number of ether oxygens (including phenoxy) is 1. The number of rotatable bonds is 1. The van der Waals surface area contributed by atoms with Gasteiger partial charge in [0.2, 0.25) is 0 Å². The average molecular weight is 370 g/mol. The number of carbonyl (C=O) groups is 1. The van der Waals surface area contributed by atoms with Crippen LogP contribution in [0.3, 0.4) is 0 Å². The molecule has 0 saturated carbocycles. The van der Waals surface area contributed by atoms with Gasteiger partial charge >= 0.3 is 0 Å². The number of nitrogens with zero attached hydrogens (tertiary/aromatic N) is 1. The maximum absolute atomic E-state index is 13.1. The van der Waals surface area contributed by atoms with Gasteiger partial charge in [-0.25, -0.2) is 4.98 Å². The smallest absolute Gasteiger partial charge is 0.194 e. The lowest BCUT2D eigenvalue weighted by Gasteiger charge is -2.34. The number of allylic oxidation sites excluding steroid dienone is 2. The Hall–Kier alpha value is -1.94. The molecule has 0 atom stereocenters. The zero-order valence-electron chi connectivity index (χ0n) is 13.2. The first kappa shape index (κ1) is 14.6. The van der Waals surface area contributed by atoms with Crippen molar-refractivity contribution in [1.82, 2.24) is 4.98 Å². The van der Waals surface area contributed by atoms with Crippen molar-refractivity contribution < 1.29 is 9.53 Å². The molecule has 0 bridgehead atoms. The van der Waals surface area contributed by atoms with E-state index in [-0.39, 0.29) is 11.2 Å². The van der Waals surface area contributed by atoms with Crippen LogP contribution in [0.1, 0.15) is 41.0 Å². The molecule has 2 aliphatic carbocycles. The average Bonchev–Trinajstić information content (AvgIpc) is 2.92. The van der Waals surface area contributed by atoms with Gasteiger partial charge < -0.3 is 4.74 Å². The minimum atomic E-state index is -0.222. The summed E-state index contributed by atoms with van der Waals surface area (Å²) in [5.41, 5.74) is 5.53. The van der Waals surface area contributed by atoms with Gasteiger partial charge in [0.15, 0.2) is 5.78 Å². The molecule has 0 aliphatic heterocycles. The Morgan fingerprint density at radius 1 is 1.17 bits per heavy atom. The molecule has 0 saturated heterocycles. The summed E-state index contributed by atoms with van der Waals surface area (Å²) < 4.78 is 6.16. The predicted molar refractivity (Wildman–Crippen MR) is 92.9 cm³/mol. The second-order valence-electron chi connectivity index (χ2n) is 6.52. The van der Waals surface area contributed by atoms with Crippen LogP contribution < -0.4 is 4.74 Å². The number of hydrogen-bond donors (Lipinski definition) is 0. The number of Topliss-reactive ketones (excluding diaryl/α,β-unsaturated/α-hetero) is 1. The number of benzene rings is 1. The van der Waals surface area contributed by atoms with E-state index in [1.807, 2.05) is 30.3 Å². The highest BCUT2D eigenvalue weighted by Crippen LogP contribution is 2.50. The fourth-order valence-electron chi connectivity index (χ4n) is 3.71. The topological polar surface area (TPSA) is 39.2 Å². The number of halogens is 1. The predicted octanol–water partition coefficient (Wildman–Crippen LogP) is 4.34. The number of ketones is 1. The number of carbonyl (C=O) groups excluding carboxylic acids is 1. The molecular weight excluding hydrogens is 354 g/mol. The first-order valence-electron chi connectivity index (χ1n) is 7.56. The lowest BCUT2D eigenvalue weighted by atomic mass is 9.68. The zero-order chi connectivity index (χ0) is 16.4. The Balaban J connectivity index is 1.96. The summed E-state index contributed by atoms with van der Waals surface area (Å²) in [4.78, 5) is 17.7. The Bertz CT molecular complexity index is 896. The van der Waals surface area contributed by atoms with E-state index in [0.29, 0.717) is 0 Å². The van der Waals surface area contributed by atoms with Crippen molar-refractivity contribution in [2.75, 3.05) is 7.11 Å². The third-order valence-corrected chi connectivity index (χ3v) is 5.42. The maximum atomic E-state index is 13.1. The van der Waals surface area contributed by atoms with Crippen LogP contribution in [0.25, 0.3) is 5.57 Å². The van der Waals surface area contributed by atoms with Crippen molar-refractivity contribution in [3.8, 4) is 5.75 Å². The van der Waals surface area contributed by atoms with Gasteiger partial charge in [0, 0.05) is 28.5 Å². The minimum absolute atomic E-state index is 0.0971. The van der Waals surface area contributed by atoms with Gasteiger partial charge in [-0.1, -0.05) is 13.8 Å². The SMILES string of the molecule is COc1ccc2c(c1)C(C)(C)C1=C(C2=O)c2ccc(Br)nc2C1. The second-order valence-corrected chi connectivity index (χ2v) is 7.34. The van der Waals surface area contributed by atoms with Crippen molar-refractivity contribution in [2.45, 2.75) is 25.7 Å². The van der Waals surface area contributed by atoms with E-state index in [1.165, 1.54) is 0 Å². The van der Waals surface area contributed by atoms with E-state index in [9.17, 15) is 4.79 Å². The summed E-state index contributed by atoms with van der Waals surface area (Å²) in [7, 11) is 1.65. The van der Waals surface area contributed by atoms with E-state index < -0.39 is 0 Å². The zero-order valence-corrected chi connectivity index (χ0v) is 14.8. The molecule has 116 valence electrons. The van der Waals surface area contributed by atoms with Gasteiger partial charge in [-0.05, 0) is 57.4 Å². The summed E-state index contributed by atoms with van der Waals surface area (Å²) in [6.07, 6.45) is 0.722. The Morgan fingerprint density at radius 3 is 2.65 bits per heavy atom. The van der Waals surface area contributed by atoms with Crippen LogP contribution in [-0.4, -0.2) is 17.9 Å². The van der Waals surface area contributed by atoms with Gasteiger partial charge in [0.05, 0.1) is 12.8 Å².